The molecule has 1 saturated heterocycles. The molecule has 1 fully saturated rings. The first-order valence-electron chi connectivity index (χ1n) is 7.40. The van der Waals surface area contributed by atoms with E-state index in [1.54, 1.807) is 29.2 Å². The smallest absolute Gasteiger partial charge is 0.227 e. The second-order valence-electron chi connectivity index (χ2n) is 5.31. The van der Waals surface area contributed by atoms with E-state index in [2.05, 4.69) is 0 Å². The van der Waals surface area contributed by atoms with Crippen molar-refractivity contribution in [3.8, 4) is 0 Å². The standard InChI is InChI=1S/C17H18FNOS2/c18-15-6-2-1-5-14(15)16-7-8-19(9-11-22-16)17(20)12-13-4-3-10-21-13/h1-6,10,16H,7-9,11-12H2. The fraction of sp³-hybridized carbons (Fsp3) is 0.353. The van der Waals surface area contributed by atoms with E-state index in [1.165, 1.54) is 6.07 Å². The molecule has 0 spiro atoms. The molecule has 1 aliphatic rings. The van der Waals surface area contributed by atoms with Gasteiger partial charge < -0.3 is 4.90 Å². The number of hydrogen-bond acceptors (Lipinski definition) is 3. The van der Waals surface area contributed by atoms with Gasteiger partial charge in [0.05, 0.1) is 6.42 Å². The Balaban J connectivity index is 1.62. The summed E-state index contributed by atoms with van der Waals surface area (Å²) >= 11 is 3.37. The summed E-state index contributed by atoms with van der Waals surface area (Å²) in [5.41, 5.74) is 0.764. The van der Waals surface area contributed by atoms with Gasteiger partial charge in [-0.05, 0) is 23.9 Å². The van der Waals surface area contributed by atoms with Crippen LogP contribution in [0.1, 0.15) is 22.1 Å². The summed E-state index contributed by atoms with van der Waals surface area (Å²) in [6, 6.07) is 10.9. The lowest BCUT2D eigenvalue weighted by molar-refractivity contribution is -0.130. The topological polar surface area (TPSA) is 20.3 Å². The minimum Gasteiger partial charge on any atom is -0.342 e. The van der Waals surface area contributed by atoms with Crippen molar-refractivity contribution in [2.45, 2.75) is 18.1 Å². The zero-order valence-electron chi connectivity index (χ0n) is 12.2. The predicted molar refractivity (Wildman–Crippen MR) is 90.8 cm³/mol. The van der Waals surface area contributed by atoms with Gasteiger partial charge in [0, 0.05) is 34.5 Å². The van der Waals surface area contributed by atoms with Gasteiger partial charge in [0.15, 0.2) is 0 Å². The third-order valence-electron chi connectivity index (χ3n) is 3.85. The van der Waals surface area contributed by atoms with Gasteiger partial charge >= 0.3 is 0 Å². The average Bonchev–Trinajstić information content (AvgIpc) is 2.90. The van der Waals surface area contributed by atoms with Crippen molar-refractivity contribution >= 4 is 29.0 Å². The van der Waals surface area contributed by atoms with Gasteiger partial charge in [-0.2, -0.15) is 11.8 Å². The summed E-state index contributed by atoms with van der Waals surface area (Å²) in [7, 11) is 0. The van der Waals surface area contributed by atoms with Gasteiger partial charge in [-0.25, -0.2) is 4.39 Å². The molecular weight excluding hydrogens is 317 g/mol. The van der Waals surface area contributed by atoms with Crippen molar-refractivity contribution in [3.05, 3.63) is 58.0 Å². The Labute approximate surface area is 138 Å². The maximum Gasteiger partial charge on any atom is 0.227 e. The zero-order chi connectivity index (χ0) is 15.4. The van der Waals surface area contributed by atoms with Crippen LogP contribution in [-0.2, 0) is 11.2 Å². The molecule has 1 aliphatic heterocycles. The maximum atomic E-state index is 13.9. The Morgan fingerprint density at radius 2 is 2.09 bits per heavy atom. The number of carbonyl (C=O) groups is 1. The Kier molecular flexibility index (Phi) is 5.16. The highest BCUT2D eigenvalue weighted by molar-refractivity contribution is 7.99. The number of benzene rings is 1. The summed E-state index contributed by atoms with van der Waals surface area (Å²) in [6.07, 6.45) is 1.29. The molecule has 3 rings (SSSR count). The lowest BCUT2D eigenvalue weighted by atomic mass is 10.1. The van der Waals surface area contributed by atoms with Crippen LogP contribution in [0.3, 0.4) is 0 Å². The van der Waals surface area contributed by atoms with E-state index in [-0.39, 0.29) is 17.0 Å². The third-order valence-corrected chi connectivity index (χ3v) is 6.04. The van der Waals surface area contributed by atoms with Gasteiger partial charge in [-0.1, -0.05) is 24.3 Å². The van der Waals surface area contributed by atoms with E-state index in [4.69, 9.17) is 0 Å². The number of rotatable bonds is 3. The number of hydrogen-bond donors (Lipinski definition) is 0. The normalized spacial score (nSPS) is 19.0. The number of carbonyl (C=O) groups excluding carboxylic acids is 1. The Bertz CT molecular complexity index is 629. The molecule has 1 amide bonds. The minimum atomic E-state index is -0.140. The van der Waals surface area contributed by atoms with Crippen molar-refractivity contribution in [1.82, 2.24) is 4.90 Å². The molecule has 0 N–H and O–H groups in total. The highest BCUT2D eigenvalue weighted by Gasteiger charge is 2.23. The molecule has 1 atom stereocenters. The Morgan fingerprint density at radius 3 is 2.86 bits per heavy atom. The van der Waals surface area contributed by atoms with Crippen molar-refractivity contribution in [2.24, 2.45) is 0 Å². The number of amides is 1. The summed E-state index contributed by atoms with van der Waals surface area (Å²) in [4.78, 5) is 15.4. The minimum absolute atomic E-state index is 0.140. The molecule has 22 heavy (non-hydrogen) atoms. The number of thioether (sulfide) groups is 1. The van der Waals surface area contributed by atoms with E-state index in [0.29, 0.717) is 13.0 Å². The molecule has 5 heteroatoms. The lowest BCUT2D eigenvalue weighted by Gasteiger charge is -2.20. The first-order chi connectivity index (χ1) is 10.7. The van der Waals surface area contributed by atoms with Crippen LogP contribution in [0.2, 0.25) is 0 Å². The Hall–Kier alpha value is -1.33. The van der Waals surface area contributed by atoms with Gasteiger partial charge in [0.25, 0.3) is 0 Å². The van der Waals surface area contributed by atoms with Crippen LogP contribution < -0.4 is 0 Å². The summed E-state index contributed by atoms with van der Waals surface area (Å²) < 4.78 is 13.9. The lowest BCUT2D eigenvalue weighted by Crippen LogP contribution is -2.34. The zero-order valence-corrected chi connectivity index (χ0v) is 13.8. The molecule has 1 aromatic carbocycles. The van der Waals surface area contributed by atoms with Crippen molar-refractivity contribution in [1.29, 1.82) is 0 Å². The molecule has 2 nitrogen and oxygen atoms in total. The fourth-order valence-electron chi connectivity index (χ4n) is 2.68. The van der Waals surface area contributed by atoms with E-state index < -0.39 is 0 Å². The van der Waals surface area contributed by atoms with Crippen LogP contribution in [0.4, 0.5) is 4.39 Å². The van der Waals surface area contributed by atoms with Gasteiger partial charge in [-0.15, -0.1) is 11.3 Å². The molecular formula is C17H18FNOS2. The monoisotopic (exact) mass is 335 g/mol. The molecule has 116 valence electrons. The summed E-state index contributed by atoms with van der Waals surface area (Å²) in [6.45, 7) is 1.45. The van der Waals surface area contributed by atoms with Crippen molar-refractivity contribution in [2.75, 3.05) is 18.8 Å². The average molecular weight is 335 g/mol. The molecule has 2 heterocycles. The van der Waals surface area contributed by atoms with Crippen LogP contribution in [0.15, 0.2) is 41.8 Å². The van der Waals surface area contributed by atoms with Crippen molar-refractivity contribution < 1.29 is 9.18 Å². The second kappa shape index (κ2) is 7.29. The summed E-state index contributed by atoms with van der Waals surface area (Å²) in [5.74, 6) is 0.894. The predicted octanol–water partition coefficient (Wildman–Crippen LogP) is 4.14. The van der Waals surface area contributed by atoms with E-state index in [0.717, 1.165) is 29.2 Å². The Morgan fingerprint density at radius 1 is 1.23 bits per heavy atom. The van der Waals surface area contributed by atoms with Crippen LogP contribution in [-0.4, -0.2) is 29.6 Å². The largest absolute Gasteiger partial charge is 0.342 e. The van der Waals surface area contributed by atoms with Gasteiger partial charge in [0.2, 0.25) is 5.91 Å². The van der Waals surface area contributed by atoms with Crippen LogP contribution in [0.5, 0.6) is 0 Å². The maximum absolute atomic E-state index is 13.9. The molecule has 1 aromatic heterocycles. The third kappa shape index (κ3) is 3.70. The first kappa shape index (κ1) is 15.6. The van der Waals surface area contributed by atoms with E-state index in [9.17, 15) is 9.18 Å². The van der Waals surface area contributed by atoms with Crippen LogP contribution in [0, 0.1) is 5.82 Å². The van der Waals surface area contributed by atoms with E-state index in [1.807, 2.05) is 34.5 Å². The molecule has 0 bridgehead atoms. The van der Waals surface area contributed by atoms with E-state index >= 15 is 0 Å². The molecule has 1 unspecified atom stereocenters. The van der Waals surface area contributed by atoms with Crippen LogP contribution in [0.25, 0.3) is 0 Å². The van der Waals surface area contributed by atoms with Crippen molar-refractivity contribution in [3.63, 3.8) is 0 Å². The quantitative estimate of drug-likeness (QED) is 0.840. The first-order valence-corrected chi connectivity index (χ1v) is 9.33. The highest BCUT2D eigenvalue weighted by Crippen LogP contribution is 2.35. The molecule has 0 aliphatic carbocycles. The highest BCUT2D eigenvalue weighted by atomic mass is 32.2. The number of nitrogens with zero attached hydrogens (tertiary/aromatic N) is 1. The molecule has 0 saturated carbocycles. The molecule has 0 radical (unpaired) electrons. The fourth-order valence-corrected chi connectivity index (χ4v) is 4.63. The van der Waals surface area contributed by atoms with Gasteiger partial charge in [0.1, 0.15) is 5.82 Å². The SMILES string of the molecule is O=C(Cc1cccs1)N1CCSC(c2ccccc2F)CC1. The summed E-state index contributed by atoms with van der Waals surface area (Å²) in [5, 5.41) is 2.13. The van der Waals surface area contributed by atoms with Gasteiger partial charge in [-0.3, -0.25) is 4.79 Å². The second-order valence-corrected chi connectivity index (χ2v) is 7.65. The van der Waals surface area contributed by atoms with Crippen LogP contribution >= 0.6 is 23.1 Å². The number of halogens is 1. The molecule has 2 aromatic rings. The number of thiophene rings is 1.